The first-order valence-electron chi connectivity index (χ1n) is 9.04. The van der Waals surface area contributed by atoms with Crippen LogP contribution in [0.25, 0.3) is 0 Å². The van der Waals surface area contributed by atoms with E-state index in [4.69, 9.17) is 23.2 Å². The number of carbonyl (C=O) groups excluding carboxylic acids is 1. The smallest absolute Gasteiger partial charge is 0.224 e. The van der Waals surface area contributed by atoms with Crippen LogP contribution in [0, 0.1) is 5.92 Å². The van der Waals surface area contributed by atoms with E-state index in [0.29, 0.717) is 10.0 Å². The molecule has 0 aromatic heterocycles. The third-order valence-corrected chi connectivity index (χ3v) is 5.53. The van der Waals surface area contributed by atoms with Crippen LogP contribution < -0.4 is 5.32 Å². The van der Waals surface area contributed by atoms with Crippen LogP contribution in [0.3, 0.4) is 0 Å². The van der Waals surface area contributed by atoms with Crippen LogP contribution in [0.5, 0.6) is 0 Å². The molecule has 138 valence electrons. The Morgan fingerprint density at radius 1 is 1.23 bits per heavy atom. The molecule has 2 unspecified atom stereocenters. The fourth-order valence-electron chi connectivity index (χ4n) is 3.46. The zero-order chi connectivity index (χ0) is 18.5. The van der Waals surface area contributed by atoms with Gasteiger partial charge in [0.15, 0.2) is 0 Å². The first-order valence-corrected chi connectivity index (χ1v) is 9.80. The molecule has 0 radical (unpaired) electrons. The Labute approximate surface area is 165 Å². The van der Waals surface area contributed by atoms with Gasteiger partial charge in [0.25, 0.3) is 0 Å². The van der Waals surface area contributed by atoms with Gasteiger partial charge in [0.05, 0.1) is 12.0 Å². The maximum absolute atomic E-state index is 12.7. The van der Waals surface area contributed by atoms with Gasteiger partial charge >= 0.3 is 0 Å². The maximum atomic E-state index is 12.7. The lowest BCUT2D eigenvalue weighted by molar-refractivity contribution is -0.127. The highest BCUT2D eigenvalue weighted by atomic mass is 35.5. The van der Waals surface area contributed by atoms with Crippen LogP contribution in [0.15, 0.2) is 48.5 Å². The third kappa shape index (κ3) is 5.00. The van der Waals surface area contributed by atoms with Gasteiger partial charge in [0.2, 0.25) is 5.91 Å². The highest BCUT2D eigenvalue weighted by molar-refractivity contribution is 6.35. The van der Waals surface area contributed by atoms with Crippen molar-refractivity contribution in [2.45, 2.75) is 32.4 Å². The molecule has 0 saturated carbocycles. The number of rotatable bonds is 5. The van der Waals surface area contributed by atoms with Gasteiger partial charge < -0.3 is 5.32 Å². The van der Waals surface area contributed by atoms with E-state index in [1.54, 1.807) is 6.07 Å². The van der Waals surface area contributed by atoms with Crippen molar-refractivity contribution in [3.63, 3.8) is 0 Å². The molecular formula is C21H24Cl2N2O. The summed E-state index contributed by atoms with van der Waals surface area (Å²) in [6, 6.07) is 15.7. The number of nitrogens with one attached hydrogen (secondary N) is 1. The number of hydrogen-bond donors (Lipinski definition) is 1. The molecule has 0 aliphatic carbocycles. The Kier molecular flexibility index (Phi) is 6.58. The summed E-state index contributed by atoms with van der Waals surface area (Å²) >= 11 is 12.3. The first-order chi connectivity index (χ1) is 12.5. The fraction of sp³-hybridized carbons (Fsp3) is 0.381. The number of benzene rings is 2. The quantitative estimate of drug-likeness (QED) is 0.771. The van der Waals surface area contributed by atoms with Gasteiger partial charge in [-0.15, -0.1) is 0 Å². The molecule has 2 aromatic carbocycles. The number of nitrogens with zero attached hydrogens (tertiary/aromatic N) is 1. The lowest BCUT2D eigenvalue weighted by Gasteiger charge is -2.32. The van der Waals surface area contributed by atoms with E-state index < -0.39 is 0 Å². The van der Waals surface area contributed by atoms with Crippen molar-refractivity contribution in [2.24, 2.45) is 5.92 Å². The summed E-state index contributed by atoms with van der Waals surface area (Å²) in [5.74, 6) is 0.147. The normalized spacial score (nSPS) is 19.1. The van der Waals surface area contributed by atoms with Crippen LogP contribution in [0.2, 0.25) is 10.0 Å². The van der Waals surface area contributed by atoms with Crippen molar-refractivity contribution in [3.05, 3.63) is 69.7 Å². The summed E-state index contributed by atoms with van der Waals surface area (Å²) < 4.78 is 0. The molecule has 3 rings (SSSR count). The van der Waals surface area contributed by atoms with Gasteiger partial charge in [0, 0.05) is 23.1 Å². The number of amides is 1. The van der Waals surface area contributed by atoms with E-state index in [9.17, 15) is 4.79 Å². The van der Waals surface area contributed by atoms with Crippen LogP contribution in [-0.2, 0) is 11.3 Å². The van der Waals surface area contributed by atoms with E-state index in [1.807, 2.05) is 49.4 Å². The number of likely N-dealkylation sites (tertiary alicyclic amines) is 1. The minimum absolute atomic E-state index is 0.0148. The van der Waals surface area contributed by atoms with Crippen LogP contribution in [0.1, 0.15) is 36.9 Å². The predicted molar refractivity (Wildman–Crippen MR) is 107 cm³/mol. The Morgan fingerprint density at radius 3 is 2.73 bits per heavy atom. The van der Waals surface area contributed by atoms with Crippen LogP contribution >= 0.6 is 23.2 Å². The standard InChI is InChI=1S/C21H24Cl2N2O/c1-15(16-6-3-2-4-7-16)24-21(26)18-8-5-11-25(14-18)13-17-9-10-19(22)12-20(17)23/h2-4,6-7,9-10,12,15,18H,5,8,11,13-14H2,1H3,(H,24,26). The van der Waals surface area contributed by atoms with Crippen molar-refractivity contribution < 1.29 is 4.79 Å². The van der Waals surface area contributed by atoms with Gasteiger partial charge in [-0.2, -0.15) is 0 Å². The second-order valence-electron chi connectivity index (χ2n) is 6.95. The molecule has 1 amide bonds. The molecule has 0 spiro atoms. The lowest BCUT2D eigenvalue weighted by Crippen LogP contribution is -2.43. The first kappa shape index (κ1) is 19.2. The van der Waals surface area contributed by atoms with Crippen molar-refractivity contribution in [1.82, 2.24) is 10.2 Å². The highest BCUT2D eigenvalue weighted by Gasteiger charge is 2.27. The molecular weight excluding hydrogens is 367 g/mol. The Hall–Kier alpha value is -1.55. The van der Waals surface area contributed by atoms with Gasteiger partial charge in [-0.05, 0) is 49.6 Å². The fourth-order valence-corrected chi connectivity index (χ4v) is 3.93. The molecule has 0 bridgehead atoms. The van der Waals surface area contributed by atoms with E-state index in [0.717, 1.165) is 43.6 Å². The summed E-state index contributed by atoms with van der Waals surface area (Å²) in [7, 11) is 0. The molecule has 1 heterocycles. The van der Waals surface area contributed by atoms with Crippen molar-refractivity contribution >= 4 is 29.1 Å². The minimum Gasteiger partial charge on any atom is -0.349 e. The largest absolute Gasteiger partial charge is 0.349 e. The van der Waals surface area contributed by atoms with E-state index in [2.05, 4.69) is 10.2 Å². The predicted octanol–water partition coefficient (Wildman–Crippen LogP) is 5.08. The van der Waals surface area contributed by atoms with Gasteiger partial charge in [0.1, 0.15) is 0 Å². The maximum Gasteiger partial charge on any atom is 0.224 e. The topological polar surface area (TPSA) is 32.3 Å². The molecule has 3 nitrogen and oxygen atoms in total. The Balaban J connectivity index is 1.58. The zero-order valence-corrected chi connectivity index (χ0v) is 16.4. The molecule has 2 aromatic rings. The molecule has 1 saturated heterocycles. The molecule has 1 aliphatic heterocycles. The second kappa shape index (κ2) is 8.90. The van der Waals surface area contributed by atoms with Crippen molar-refractivity contribution in [2.75, 3.05) is 13.1 Å². The highest BCUT2D eigenvalue weighted by Crippen LogP contribution is 2.25. The minimum atomic E-state index is 0.0148. The summed E-state index contributed by atoms with van der Waals surface area (Å²) in [5.41, 5.74) is 2.18. The lowest BCUT2D eigenvalue weighted by atomic mass is 9.96. The molecule has 2 atom stereocenters. The number of carbonyl (C=O) groups is 1. The molecule has 1 aliphatic rings. The summed E-state index contributed by atoms with van der Waals surface area (Å²) in [5, 5.41) is 4.49. The summed E-state index contributed by atoms with van der Waals surface area (Å²) in [4.78, 5) is 15.0. The average Bonchev–Trinajstić information content (AvgIpc) is 2.65. The number of hydrogen-bond acceptors (Lipinski definition) is 2. The number of piperidine rings is 1. The third-order valence-electron chi connectivity index (χ3n) is 4.94. The Bertz CT molecular complexity index is 751. The van der Waals surface area contributed by atoms with Gasteiger partial charge in [-0.3, -0.25) is 9.69 Å². The van der Waals surface area contributed by atoms with Gasteiger partial charge in [-0.1, -0.05) is 59.6 Å². The second-order valence-corrected chi connectivity index (χ2v) is 7.79. The van der Waals surface area contributed by atoms with E-state index >= 15 is 0 Å². The zero-order valence-electron chi connectivity index (χ0n) is 14.9. The summed E-state index contributed by atoms with van der Waals surface area (Å²) in [6.07, 6.45) is 1.95. The molecule has 26 heavy (non-hydrogen) atoms. The van der Waals surface area contributed by atoms with E-state index in [-0.39, 0.29) is 17.9 Å². The molecule has 1 N–H and O–H groups in total. The number of halogens is 2. The van der Waals surface area contributed by atoms with Crippen LogP contribution in [-0.4, -0.2) is 23.9 Å². The Morgan fingerprint density at radius 2 is 2.00 bits per heavy atom. The van der Waals surface area contributed by atoms with Crippen molar-refractivity contribution in [3.8, 4) is 0 Å². The molecule has 1 fully saturated rings. The summed E-state index contributed by atoms with van der Waals surface area (Å²) in [6.45, 7) is 4.51. The SMILES string of the molecule is CC(NC(=O)C1CCCN(Cc2ccc(Cl)cc2Cl)C1)c1ccccc1. The van der Waals surface area contributed by atoms with E-state index in [1.165, 1.54) is 0 Å². The molecule has 5 heteroatoms. The monoisotopic (exact) mass is 390 g/mol. The van der Waals surface area contributed by atoms with Crippen LogP contribution in [0.4, 0.5) is 0 Å². The van der Waals surface area contributed by atoms with Gasteiger partial charge in [-0.25, -0.2) is 0 Å². The van der Waals surface area contributed by atoms with Crippen molar-refractivity contribution in [1.29, 1.82) is 0 Å². The average molecular weight is 391 g/mol.